The molecule has 0 heterocycles. The molecule has 6 heteroatoms. The highest BCUT2D eigenvalue weighted by Crippen LogP contribution is 2.26. The van der Waals surface area contributed by atoms with Crippen LogP contribution in [0.25, 0.3) is 0 Å². The van der Waals surface area contributed by atoms with Crippen LogP contribution in [-0.4, -0.2) is 45.0 Å². The van der Waals surface area contributed by atoms with Crippen LogP contribution < -0.4 is 10.6 Å². The van der Waals surface area contributed by atoms with E-state index in [1.54, 1.807) is 27.8 Å². The minimum atomic E-state index is -3.09. The Balaban J connectivity index is 2.19. The van der Waals surface area contributed by atoms with Crippen LogP contribution in [0.15, 0.2) is 4.99 Å². The van der Waals surface area contributed by atoms with E-state index in [2.05, 4.69) is 15.6 Å². The van der Waals surface area contributed by atoms with Gasteiger partial charge in [0.2, 0.25) is 0 Å². The summed E-state index contributed by atoms with van der Waals surface area (Å²) < 4.78 is 23.4. The highest BCUT2D eigenvalue weighted by atomic mass is 32.2. The van der Waals surface area contributed by atoms with Crippen LogP contribution in [0.1, 0.15) is 65.7 Å². The van der Waals surface area contributed by atoms with E-state index < -0.39 is 14.6 Å². The molecule has 1 aliphatic carbocycles. The van der Waals surface area contributed by atoms with E-state index in [-0.39, 0.29) is 5.75 Å². The molecule has 136 valence electrons. The van der Waals surface area contributed by atoms with Crippen LogP contribution >= 0.6 is 0 Å². The number of aliphatic imine (C=N–C) groups is 1. The first-order valence-corrected chi connectivity index (χ1v) is 10.6. The minimum Gasteiger partial charge on any atom is -0.356 e. The highest BCUT2D eigenvalue weighted by molar-refractivity contribution is 7.92. The lowest BCUT2D eigenvalue weighted by Gasteiger charge is -2.22. The number of nitrogens with zero attached hydrogens (tertiary/aromatic N) is 1. The number of hydrogen-bond acceptors (Lipinski definition) is 3. The fourth-order valence-electron chi connectivity index (χ4n) is 2.90. The van der Waals surface area contributed by atoms with Crippen LogP contribution in [0.3, 0.4) is 0 Å². The largest absolute Gasteiger partial charge is 0.356 e. The van der Waals surface area contributed by atoms with Gasteiger partial charge in [0.1, 0.15) is 0 Å². The molecule has 1 rings (SSSR count). The van der Waals surface area contributed by atoms with Crippen LogP contribution in [0.4, 0.5) is 0 Å². The zero-order valence-corrected chi connectivity index (χ0v) is 16.1. The van der Waals surface area contributed by atoms with E-state index in [1.807, 2.05) is 0 Å². The monoisotopic (exact) mass is 345 g/mol. The number of guanidine groups is 1. The van der Waals surface area contributed by atoms with E-state index in [9.17, 15) is 8.42 Å². The van der Waals surface area contributed by atoms with E-state index >= 15 is 0 Å². The molecular formula is C17H35N3O2S. The van der Waals surface area contributed by atoms with Gasteiger partial charge in [0.15, 0.2) is 15.8 Å². The SMILES string of the molecule is CN=C(NCCCC1CCCCC1)NCCS(=O)(=O)C(C)(C)C. The standard InChI is InChI=1S/C17H35N3O2S/c1-17(2,3)23(21,22)14-13-20-16(18-4)19-12-8-11-15-9-6-5-7-10-15/h15H,5-14H2,1-4H3,(H2,18,19,20). The summed E-state index contributed by atoms with van der Waals surface area (Å²) in [6.07, 6.45) is 9.39. The second-order valence-corrected chi connectivity index (χ2v) is 10.4. The Morgan fingerprint density at radius 3 is 2.26 bits per heavy atom. The number of sulfone groups is 1. The van der Waals surface area contributed by atoms with Crippen molar-refractivity contribution in [1.29, 1.82) is 0 Å². The summed E-state index contributed by atoms with van der Waals surface area (Å²) in [7, 11) is -1.37. The Bertz CT molecular complexity index is 461. The second kappa shape index (κ2) is 9.50. The quantitative estimate of drug-likeness (QED) is 0.423. The molecule has 0 spiro atoms. The third-order valence-electron chi connectivity index (χ3n) is 4.63. The Morgan fingerprint density at radius 2 is 1.70 bits per heavy atom. The normalized spacial score (nSPS) is 18.0. The van der Waals surface area contributed by atoms with Crippen molar-refractivity contribution in [2.24, 2.45) is 10.9 Å². The molecule has 0 aromatic heterocycles. The first kappa shape index (κ1) is 20.3. The molecule has 1 aliphatic rings. The fourth-order valence-corrected chi connectivity index (χ4v) is 3.89. The van der Waals surface area contributed by atoms with E-state index in [4.69, 9.17) is 0 Å². The Kier molecular flexibility index (Phi) is 8.37. The summed E-state index contributed by atoms with van der Waals surface area (Å²) in [5, 5.41) is 6.37. The first-order valence-electron chi connectivity index (χ1n) is 8.93. The summed E-state index contributed by atoms with van der Waals surface area (Å²) in [6.45, 7) is 6.49. The summed E-state index contributed by atoms with van der Waals surface area (Å²) in [4.78, 5) is 4.15. The average Bonchev–Trinajstić information content (AvgIpc) is 2.49. The number of rotatable bonds is 7. The Hall–Kier alpha value is -0.780. The van der Waals surface area contributed by atoms with Gasteiger partial charge in [-0.1, -0.05) is 32.1 Å². The molecule has 0 unspecified atom stereocenters. The molecular weight excluding hydrogens is 310 g/mol. The molecule has 0 aromatic carbocycles. The smallest absolute Gasteiger partial charge is 0.191 e. The lowest BCUT2D eigenvalue weighted by molar-refractivity contribution is 0.332. The zero-order chi connectivity index (χ0) is 17.3. The van der Waals surface area contributed by atoms with Gasteiger partial charge >= 0.3 is 0 Å². The molecule has 5 nitrogen and oxygen atoms in total. The van der Waals surface area contributed by atoms with Gasteiger partial charge in [-0.25, -0.2) is 8.42 Å². The fraction of sp³-hybridized carbons (Fsp3) is 0.941. The van der Waals surface area contributed by atoms with Crippen molar-refractivity contribution in [3.05, 3.63) is 0 Å². The maximum Gasteiger partial charge on any atom is 0.191 e. The van der Waals surface area contributed by atoms with Crippen molar-refractivity contribution in [3.8, 4) is 0 Å². The van der Waals surface area contributed by atoms with Gasteiger partial charge in [0, 0.05) is 20.1 Å². The van der Waals surface area contributed by atoms with Crippen LogP contribution in [-0.2, 0) is 9.84 Å². The van der Waals surface area contributed by atoms with Gasteiger partial charge < -0.3 is 10.6 Å². The third-order valence-corrected chi connectivity index (χ3v) is 7.23. The van der Waals surface area contributed by atoms with Gasteiger partial charge in [-0.15, -0.1) is 0 Å². The molecule has 1 fully saturated rings. The third kappa shape index (κ3) is 7.55. The number of nitrogens with one attached hydrogen (secondary N) is 2. The van der Waals surface area contributed by atoms with Gasteiger partial charge in [-0.05, 0) is 39.5 Å². The minimum absolute atomic E-state index is 0.124. The summed E-state index contributed by atoms with van der Waals surface area (Å²) in [5.41, 5.74) is 0. The highest BCUT2D eigenvalue weighted by Gasteiger charge is 2.28. The summed E-state index contributed by atoms with van der Waals surface area (Å²) in [6, 6.07) is 0. The summed E-state index contributed by atoms with van der Waals surface area (Å²) >= 11 is 0. The van der Waals surface area contributed by atoms with Crippen LogP contribution in [0, 0.1) is 5.92 Å². The van der Waals surface area contributed by atoms with Crippen LogP contribution in [0.2, 0.25) is 0 Å². The Morgan fingerprint density at radius 1 is 1.09 bits per heavy atom. The maximum atomic E-state index is 12.1. The van der Waals surface area contributed by atoms with Gasteiger partial charge in [-0.3, -0.25) is 4.99 Å². The molecule has 0 radical (unpaired) electrons. The van der Waals surface area contributed by atoms with Crippen molar-refractivity contribution >= 4 is 15.8 Å². The average molecular weight is 346 g/mol. The van der Waals surface area contributed by atoms with Gasteiger partial charge in [-0.2, -0.15) is 0 Å². The van der Waals surface area contributed by atoms with Crippen LogP contribution in [0.5, 0.6) is 0 Å². The molecule has 0 amide bonds. The summed E-state index contributed by atoms with van der Waals surface area (Å²) in [5.74, 6) is 1.72. The molecule has 0 aromatic rings. The molecule has 1 saturated carbocycles. The number of hydrogen-bond donors (Lipinski definition) is 2. The predicted molar refractivity (Wildman–Crippen MR) is 98.7 cm³/mol. The molecule has 0 atom stereocenters. The Labute approximate surface area is 142 Å². The second-order valence-electron chi connectivity index (χ2n) is 7.50. The predicted octanol–water partition coefficient (Wildman–Crippen LogP) is 2.73. The van der Waals surface area contributed by atoms with E-state index in [0.717, 1.165) is 18.9 Å². The van der Waals surface area contributed by atoms with E-state index in [1.165, 1.54) is 38.5 Å². The molecule has 0 saturated heterocycles. The van der Waals surface area contributed by atoms with Crippen molar-refractivity contribution in [1.82, 2.24) is 10.6 Å². The lowest BCUT2D eigenvalue weighted by atomic mass is 9.86. The van der Waals surface area contributed by atoms with Gasteiger partial charge in [0.05, 0.1) is 10.5 Å². The molecule has 0 aliphatic heterocycles. The lowest BCUT2D eigenvalue weighted by Crippen LogP contribution is -2.42. The van der Waals surface area contributed by atoms with Crippen molar-refractivity contribution < 1.29 is 8.42 Å². The molecule has 2 N–H and O–H groups in total. The van der Waals surface area contributed by atoms with Crippen molar-refractivity contribution in [3.63, 3.8) is 0 Å². The molecule has 23 heavy (non-hydrogen) atoms. The topological polar surface area (TPSA) is 70.6 Å². The van der Waals surface area contributed by atoms with Crippen molar-refractivity contribution in [2.45, 2.75) is 70.5 Å². The first-order chi connectivity index (χ1) is 10.8. The van der Waals surface area contributed by atoms with E-state index in [0.29, 0.717) is 12.5 Å². The zero-order valence-electron chi connectivity index (χ0n) is 15.3. The van der Waals surface area contributed by atoms with Crippen molar-refractivity contribution in [2.75, 3.05) is 25.9 Å². The molecule has 0 bridgehead atoms. The maximum absolute atomic E-state index is 12.1. The van der Waals surface area contributed by atoms with Gasteiger partial charge in [0.25, 0.3) is 0 Å².